The number of rotatable bonds is 9. The smallest absolute Gasteiger partial charge is 0.303 e. The predicted octanol–water partition coefficient (Wildman–Crippen LogP) is 4.35. The summed E-state index contributed by atoms with van der Waals surface area (Å²) in [6.07, 6.45) is 7.95. The molecule has 0 spiro atoms. The molecule has 0 aliphatic heterocycles. The quantitative estimate of drug-likeness (QED) is 0.604. The maximum Gasteiger partial charge on any atom is 0.303 e. The Balaban J connectivity index is 4.16. The monoisotopic (exact) mass is 236 g/mol. The first-order valence-corrected chi connectivity index (χ1v) is 6.11. The van der Waals surface area contributed by atoms with E-state index in [2.05, 4.69) is 19.2 Å². The van der Waals surface area contributed by atoms with Crippen LogP contribution in [0, 0.1) is 5.92 Å². The average Bonchev–Trinajstić information content (AvgIpc) is 2.25. The number of hydrogen-bond acceptors (Lipinski definition) is 1. The first kappa shape index (κ1) is 15.7. The van der Waals surface area contributed by atoms with Gasteiger partial charge in [-0.2, -0.15) is 0 Å². The van der Waals surface area contributed by atoms with Crippen LogP contribution < -0.4 is 0 Å². The van der Waals surface area contributed by atoms with Crippen molar-refractivity contribution in [3.63, 3.8) is 0 Å². The van der Waals surface area contributed by atoms with Crippen molar-refractivity contribution in [2.24, 2.45) is 5.92 Å². The molecule has 0 amide bonds. The third-order valence-electron chi connectivity index (χ3n) is 2.90. The van der Waals surface area contributed by atoms with Gasteiger partial charge in [-0.1, -0.05) is 29.9 Å². The molecule has 2 heteroatoms. The molecular formula is C15H24O2. The maximum absolute atomic E-state index is 10.4. The van der Waals surface area contributed by atoms with Crippen molar-refractivity contribution in [3.8, 4) is 0 Å². The van der Waals surface area contributed by atoms with Crippen LogP contribution in [0.2, 0.25) is 0 Å². The summed E-state index contributed by atoms with van der Waals surface area (Å²) in [6.45, 7) is 11.8. The zero-order valence-corrected chi connectivity index (χ0v) is 11.0. The molecule has 0 unspecified atom stereocenters. The molecule has 1 N–H and O–H groups in total. The van der Waals surface area contributed by atoms with Gasteiger partial charge in [0.15, 0.2) is 0 Å². The molecular weight excluding hydrogens is 212 g/mol. The number of carboxylic acids is 1. The Kier molecular flexibility index (Phi) is 8.12. The summed E-state index contributed by atoms with van der Waals surface area (Å²) >= 11 is 0. The number of carboxylic acid groups (broad SMARTS) is 1. The molecule has 0 aromatic heterocycles. The van der Waals surface area contributed by atoms with E-state index in [1.165, 1.54) is 5.57 Å². The number of allylic oxidation sites excluding steroid dienone is 4. The third kappa shape index (κ3) is 8.49. The normalized spacial score (nSPS) is 13.2. The van der Waals surface area contributed by atoms with E-state index < -0.39 is 5.97 Å². The molecule has 0 saturated heterocycles. The van der Waals surface area contributed by atoms with Gasteiger partial charge in [-0.3, -0.25) is 4.79 Å². The lowest BCUT2D eigenvalue weighted by Crippen LogP contribution is -2.00. The van der Waals surface area contributed by atoms with E-state index in [9.17, 15) is 4.79 Å². The van der Waals surface area contributed by atoms with Crippen molar-refractivity contribution in [1.82, 2.24) is 0 Å². The summed E-state index contributed by atoms with van der Waals surface area (Å²) in [5, 5.41) is 8.59. The summed E-state index contributed by atoms with van der Waals surface area (Å²) in [7, 11) is 0. The van der Waals surface area contributed by atoms with Gasteiger partial charge in [0, 0.05) is 6.42 Å². The molecule has 0 aliphatic carbocycles. The maximum atomic E-state index is 10.4. The minimum absolute atomic E-state index is 0.215. The van der Waals surface area contributed by atoms with Crippen molar-refractivity contribution in [2.45, 2.75) is 46.0 Å². The molecule has 0 heterocycles. The fourth-order valence-corrected chi connectivity index (χ4v) is 1.63. The molecule has 0 saturated carbocycles. The first-order chi connectivity index (χ1) is 7.97. The zero-order chi connectivity index (χ0) is 13.3. The van der Waals surface area contributed by atoms with Crippen LogP contribution in [-0.4, -0.2) is 11.1 Å². The Labute approximate surface area is 105 Å². The van der Waals surface area contributed by atoms with Crippen LogP contribution in [-0.2, 0) is 4.79 Å². The average molecular weight is 236 g/mol. The van der Waals surface area contributed by atoms with Gasteiger partial charge in [-0.15, -0.1) is 6.58 Å². The van der Waals surface area contributed by atoms with Gasteiger partial charge in [-0.05, 0) is 45.4 Å². The molecule has 0 radical (unpaired) electrons. The fraction of sp³-hybridized carbons (Fsp3) is 0.533. The van der Waals surface area contributed by atoms with E-state index in [4.69, 9.17) is 5.11 Å². The summed E-state index contributed by atoms with van der Waals surface area (Å²) in [6, 6.07) is 0. The Bertz CT molecular complexity index is 300. The van der Waals surface area contributed by atoms with Crippen molar-refractivity contribution < 1.29 is 9.90 Å². The van der Waals surface area contributed by atoms with Gasteiger partial charge in [0.2, 0.25) is 0 Å². The SMILES string of the molecule is C=CCC[C@H](C/C=C(/C)CCC(=O)O)C(=C)C. The largest absolute Gasteiger partial charge is 0.481 e. The van der Waals surface area contributed by atoms with Gasteiger partial charge in [0.05, 0.1) is 0 Å². The highest BCUT2D eigenvalue weighted by atomic mass is 16.4. The molecule has 0 bridgehead atoms. The standard InChI is InChI=1S/C15H24O2/c1-5-6-7-14(12(2)3)10-8-13(4)9-11-15(16)17/h5,8,14H,1-2,6-7,9-11H2,3-4H3,(H,16,17)/b13-8-/t14-/m1/s1. The van der Waals surface area contributed by atoms with E-state index in [0.29, 0.717) is 12.3 Å². The van der Waals surface area contributed by atoms with Crippen LogP contribution in [0.4, 0.5) is 0 Å². The Morgan fingerprint density at radius 1 is 1.35 bits per heavy atom. The van der Waals surface area contributed by atoms with Crippen molar-refractivity contribution in [3.05, 3.63) is 36.5 Å². The van der Waals surface area contributed by atoms with Crippen LogP contribution in [0.15, 0.2) is 36.5 Å². The van der Waals surface area contributed by atoms with Crippen LogP contribution >= 0.6 is 0 Å². The first-order valence-electron chi connectivity index (χ1n) is 6.11. The Hall–Kier alpha value is -1.31. The van der Waals surface area contributed by atoms with E-state index >= 15 is 0 Å². The van der Waals surface area contributed by atoms with Crippen molar-refractivity contribution in [1.29, 1.82) is 0 Å². The predicted molar refractivity (Wildman–Crippen MR) is 73.0 cm³/mol. The topological polar surface area (TPSA) is 37.3 Å². The molecule has 0 aromatic rings. The molecule has 96 valence electrons. The summed E-state index contributed by atoms with van der Waals surface area (Å²) < 4.78 is 0. The summed E-state index contributed by atoms with van der Waals surface area (Å²) in [4.78, 5) is 10.4. The van der Waals surface area contributed by atoms with Gasteiger partial charge >= 0.3 is 5.97 Å². The van der Waals surface area contributed by atoms with Gasteiger partial charge < -0.3 is 5.11 Å². The van der Waals surface area contributed by atoms with Crippen LogP contribution in [0.3, 0.4) is 0 Å². The fourth-order valence-electron chi connectivity index (χ4n) is 1.63. The highest BCUT2D eigenvalue weighted by Crippen LogP contribution is 2.21. The van der Waals surface area contributed by atoms with Gasteiger partial charge in [0.1, 0.15) is 0 Å². The van der Waals surface area contributed by atoms with E-state index in [0.717, 1.165) is 24.8 Å². The highest BCUT2D eigenvalue weighted by Gasteiger charge is 2.07. The van der Waals surface area contributed by atoms with E-state index in [-0.39, 0.29) is 6.42 Å². The molecule has 0 rings (SSSR count). The lowest BCUT2D eigenvalue weighted by molar-refractivity contribution is -0.136. The van der Waals surface area contributed by atoms with Gasteiger partial charge in [-0.25, -0.2) is 0 Å². The highest BCUT2D eigenvalue weighted by molar-refractivity contribution is 5.66. The Morgan fingerprint density at radius 3 is 2.47 bits per heavy atom. The molecule has 2 nitrogen and oxygen atoms in total. The zero-order valence-electron chi connectivity index (χ0n) is 11.0. The molecule has 17 heavy (non-hydrogen) atoms. The summed E-state index contributed by atoms with van der Waals surface area (Å²) in [5.74, 6) is -0.256. The van der Waals surface area contributed by atoms with E-state index in [1.54, 1.807) is 0 Å². The molecule has 0 aromatic carbocycles. The second kappa shape index (κ2) is 8.80. The van der Waals surface area contributed by atoms with Crippen LogP contribution in [0.1, 0.15) is 46.0 Å². The van der Waals surface area contributed by atoms with Crippen molar-refractivity contribution >= 4 is 5.97 Å². The molecule has 1 atom stereocenters. The minimum Gasteiger partial charge on any atom is -0.481 e. The molecule has 0 fully saturated rings. The number of carbonyl (C=O) groups is 1. The molecule has 0 aliphatic rings. The lowest BCUT2D eigenvalue weighted by atomic mass is 9.92. The number of aliphatic carboxylic acids is 1. The Morgan fingerprint density at radius 2 is 2.00 bits per heavy atom. The lowest BCUT2D eigenvalue weighted by Gasteiger charge is -2.14. The van der Waals surface area contributed by atoms with Crippen LogP contribution in [0.5, 0.6) is 0 Å². The minimum atomic E-state index is -0.735. The summed E-state index contributed by atoms with van der Waals surface area (Å²) in [5.41, 5.74) is 2.34. The van der Waals surface area contributed by atoms with Crippen molar-refractivity contribution in [2.75, 3.05) is 0 Å². The second-order valence-electron chi connectivity index (χ2n) is 4.59. The second-order valence-corrected chi connectivity index (χ2v) is 4.59. The van der Waals surface area contributed by atoms with E-state index in [1.807, 2.05) is 19.9 Å². The van der Waals surface area contributed by atoms with Crippen LogP contribution in [0.25, 0.3) is 0 Å². The number of hydrogen-bond donors (Lipinski definition) is 1. The van der Waals surface area contributed by atoms with Gasteiger partial charge in [0.25, 0.3) is 0 Å². The third-order valence-corrected chi connectivity index (χ3v) is 2.90.